The predicted molar refractivity (Wildman–Crippen MR) is 69.2 cm³/mol. The molecule has 0 saturated carbocycles. The molecule has 1 aromatic rings. The number of likely N-dealkylation sites (N-methyl/N-ethyl adjacent to an activating group) is 1. The van der Waals surface area contributed by atoms with E-state index in [-0.39, 0.29) is 18.7 Å². The van der Waals surface area contributed by atoms with E-state index in [2.05, 4.69) is 5.32 Å². The van der Waals surface area contributed by atoms with Crippen molar-refractivity contribution in [2.24, 2.45) is 0 Å². The molecule has 0 aromatic heterocycles. The zero-order valence-electron chi connectivity index (χ0n) is 11.0. The lowest BCUT2D eigenvalue weighted by atomic mass is 10.2. The molecule has 10 heteroatoms. The van der Waals surface area contributed by atoms with Crippen molar-refractivity contribution in [2.75, 3.05) is 19.6 Å². The Morgan fingerprint density at radius 2 is 2.00 bits per heavy atom. The van der Waals surface area contributed by atoms with Crippen molar-refractivity contribution >= 4 is 15.7 Å². The second kappa shape index (κ2) is 5.62. The van der Waals surface area contributed by atoms with Gasteiger partial charge in [0.2, 0.25) is 15.8 Å². The van der Waals surface area contributed by atoms with E-state index >= 15 is 0 Å². The highest BCUT2D eigenvalue weighted by molar-refractivity contribution is 7.89. The molecule has 21 heavy (non-hydrogen) atoms. The fourth-order valence-electron chi connectivity index (χ4n) is 2.08. The number of halogens is 2. The molecule has 1 aliphatic rings. The second-order valence-electron chi connectivity index (χ2n) is 4.51. The van der Waals surface area contributed by atoms with E-state index in [1.54, 1.807) is 6.92 Å². The van der Waals surface area contributed by atoms with Gasteiger partial charge in [0.15, 0.2) is 0 Å². The van der Waals surface area contributed by atoms with Crippen LogP contribution in [0.4, 0.5) is 14.5 Å². The van der Waals surface area contributed by atoms with Crippen LogP contribution in [0.15, 0.2) is 17.0 Å². The fourth-order valence-corrected chi connectivity index (χ4v) is 3.78. The summed E-state index contributed by atoms with van der Waals surface area (Å²) in [5.41, 5.74) is -1.07. The fraction of sp³-hybridized carbons (Fsp3) is 0.455. The van der Waals surface area contributed by atoms with Gasteiger partial charge in [-0.2, -0.15) is 8.70 Å². The third-order valence-corrected chi connectivity index (χ3v) is 5.31. The lowest BCUT2D eigenvalue weighted by Crippen LogP contribution is -2.58. The van der Waals surface area contributed by atoms with Crippen LogP contribution in [0.5, 0.6) is 0 Å². The minimum Gasteiger partial charge on any atom is -0.313 e. The molecule has 0 amide bonds. The molecular formula is C11H13F2N3O4S. The van der Waals surface area contributed by atoms with Gasteiger partial charge in [0.1, 0.15) is 10.7 Å². The molecule has 0 bridgehead atoms. The Balaban J connectivity index is 2.53. The summed E-state index contributed by atoms with van der Waals surface area (Å²) in [5, 5.41) is 13.6. The van der Waals surface area contributed by atoms with Crippen molar-refractivity contribution in [1.29, 1.82) is 0 Å². The normalized spacial score (nSPS) is 16.0. The predicted octanol–water partition coefficient (Wildman–Crippen LogP) is 0.855. The number of nitro groups is 1. The molecule has 1 N–H and O–H groups in total. The van der Waals surface area contributed by atoms with Crippen LogP contribution in [-0.4, -0.2) is 43.3 Å². The quantitative estimate of drug-likeness (QED) is 0.641. The smallest absolute Gasteiger partial charge is 0.306 e. The Kier molecular flexibility index (Phi) is 4.21. The van der Waals surface area contributed by atoms with Gasteiger partial charge in [0.05, 0.1) is 11.0 Å². The van der Waals surface area contributed by atoms with Crippen LogP contribution in [0.1, 0.15) is 6.92 Å². The lowest BCUT2D eigenvalue weighted by Gasteiger charge is -2.36. The highest BCUT2D eigenvalue weighted by atomic mass is 32.2. The average Bonchev–Trinajstić information content (AvgIpc) is 2.32. The second-order valence-corrected chi connectivity index (χ2v) is 6.37. The first-order valence-electron chi connectivity index (χ1n) is 6.15. The van der Waals surface area contributed by atoms with E-state index in [1.165, 1.54) is 0 Å². The highest BCUT2D eigenvalue weighted by Crippen LogP contribution is 2.28. The number of nitrogens with one attached hydrogen (secondary N) is 1. The van der Waals surface area contributed by atoms with E-state index in [0.717, 1.165) is 4.31 Å². The summed E-state index contributed by atoms with van der Waals surface area (Å²) in [4.78, 5) is 8.70. The molecule has 0 atom stereocenters. The first kappa shape index (κ1) is 15.7. The summed E-state index contributed by atoms with van der Waals surface area (Å²) >= 11 is 0. The van der Waals surface area contributed by atoms with Gasteiger partial charge in [0, 0.05) is 31.8 Å². The molecule has 116 valence electrons. The lowest BCUT2D eigenvalue weighted by molar-refractivity contribution is -0.387. The van der Waals surface area contributed by atoms with Gasteiger partial charge in [-0.25, -0.2) is 12.8 Å². The summed E-state index contributed by atoms with van der Waals surface area (Å²) in [7, 11) is -4.27. The van der Waals surface area contributed by atoms with E-state index in [0.29, 0.717) is 19.2 Å². The van der Waals surface area contributed by atoms with Gasteiger partial charge in [-0.05, 0) is 0 Å². The maximum atomic E-state index is 13.8. The summed E-state index contributed by atoms with van der Waals surface area (Å²) < 4.78 is 53.0. The first-order chi connectivity index (χ1) is 9.78. The van der Waals surface area contributed by atoms with E-state index in [4.69, 9.17) is 0 Å². The Bertz CT molecular complexity index is 676. The molecule has 2 rings (SSSR count). The Hall–Kier alpha value is -1.65. The largest absolute Gasteiger partial charge is 0.313 e. The number of rotatable bonds is 5. The number of hydrogen-bond donors (Lipinski definition) is 1. The molecule has 1 aromatic carbocycles. The molecule has 1 fully saturated rings. The maximum Gasteiger partial charge on any atom is 0.306 e. The van der Waals surface area contributed by atoms with Crippen LogP contribution in [0.25, 0.3) is 0 Å². The van der Waals surface area contributed by atoms with Gasteiger partial charge in [-0.1, -0.05) is 6.92 Å². The van der Waals surface area contributed by atoms with Gasteiger partial charge in [-0.15, -0.1) is 0 Å². The van der Waals surface area contributed by atoms with Crippen LogP contribution in [-0.2, 0) is 10.0 Å². The van der Waals surface area contributed by atoms with Crippen LogP contribution in [0.2, 0.25) is 0 Å². The Morgan fingerprint density at radius 1 is 1.38 bits per heavy atom. The first-order valence-corrected chi connectivity index (χ1v) is 7.59. The molecule has 0 unspecified atom stereocenters. The van der Waals surface area contributed by atoms with Crippen molar-refractivity contribution < 1.29 is 22.1 Å². The minimum absolute atomic E-state index is 0.0826. The number of benzene rings is 1. The van der Waals surface area contributed by atoms with Gasteiger partial charge in [-0.3, -0.25) is 10.1 Å². The topological polar surface area (TPSA) is 92.6 Å². The third-order valence-electron chi connectivity index (χ3n) is 3.26. The van der Waals surface area contributed by atoms with Crippen molar-refractivity contribution in [1.82, 2.24) is 9.62 Å². The monoisotopic (exact) mass is 321 g/mol. The molecule has 7 nitrogen and oxygen atoms in total. The SMILES string of the molecule is CCN(C1CNC1)S(=O)(=O)c1cc([N+](=O)[O-])c(F)cc1F. The van der Waals surface area contributed by atoms with Gasteiger partial charge >= 0.3 is 5.69 Å². The zero-order chi connectivity index (χ0) is 15.8. The van der Waals surface area contributed by atoms with E-state index in [1.807, 2.05) is 0 Å². The van der Waals surface area contributed by atoms with E-state index < -0.39 is 37.2 Å². The minimum atomic E-state index is -4.27. The average molecular weight is 321 g/mol. The highest BCUT2D eigenvalue weighted by Gasteiger charge is 2.36. The Labute approximate surface area is 119 Å². The molecular weight excluding hydrogens is 308 g/mol. The number of sulfonamides is 1. The Morgan fingerprint density at radius 3 is 2.43 bits per heavy atom. The van der Waals surface area contributed by atoms with Crippen molar-refractivity contribution in [3.05, 3.63) is 33.9 Å². The molecule has 0 aliphatic carbocycles. The summed E-state index contributed by atoms with van der Waals surface area (Å²) in [6.45, 7) is 2.49. The van der Waals surface area contributed by atoms with E-state index in [9.17, 15) is 27.3 Å². The van der Waals surface area contributed by atoms with Crippen molar-refractivity contribution in [3.63, 3.8) is 0 Å². The van der Waals surface area contributed by atoms with Crippen molar-refractivity contribution in [3.8, 4) is 0 Å². The molecule has 0 spiro atoms. The number of nitro benzene ring substituents is 1. The number of hydrogen-bond acceptors (Lipinski definition) is 5. The maximum absolute atomic E-state index is 13.8. The number of nitrogens with zero attached hydrogens (tertiary/aromatic N) is 2. The summed E-state index contributed by atoms with van der Waals surface area (Å²) in [6, 6.07) is 0.301. The van der Waals surface area contributed by atoms with Crippen molar-refractivity contribution in [2.45, 2.75) is 17.9 Å². The van der Waals surface area contributed by atoms with Gasteiger partial charge < -0.3 is 5.32 Å². The summed E-state index contributed by atoms with van der Waals surface area (Å²) in [5.74, 6) is -2.76. The van der Waals surface area contributed by atoms with Gasteiger partial charge in [0.25, 0.3) is 0 Å². The van der Waals surface area contributed by atoms with Crippen LogP contribution in [0.3, 0.4) is 0 Å². The molecule has 1 heterocycles. The molecule has 0 radical (unpaired) electrons. The summed E-state index contributed by atoms with van der Waals surface area (Å²) in [6.07, 6.45) is 0. The standard InChI is InChI=1S/C11H13F2N3O4S/c1-2-15(7-5-14-6-7)21(19,20)11-4-10(16(17)18)8(12)3-9(11)13/h3-4,7,14H,2,5-6H2,1H3. The molecule has 1 saturated heterocycles. The molecule has 1 aliphatic heterocycles. The zero-order valence-corrected chi connectivity index (χ0v) is 11.9. The van der Waals surface area contributed by atoms with Crippen LogP contribution >= 0.6 is 0 Å². The van der Waals surface area contributed by atoms with Crippen LogP contribution in [0, 0.1) is 21.7 Å². The third kappa shape index (κ3) is 2.74. The van der Waals surface area contributed by atoms with Crippen LogP contribution < -0.4 is 5.32 Å².